The number of carbonyl (C=O) groups is 1. The third kappa shape index (κ3) is 3.70. The zero-order chi connectivity index (χ0) is 13.9. The molecule has 0 aliphatic heterocycles. The molecule has 104 valence electrons. The summed E-state index contributed by atoms with van der Waals surface area (Å²) < 4.78 is 5.10. The van der Waals surface area contributed by atoms with Crippen LogP contribution >= 0.6 is 0 Å². The van der Waals surface area contributed by atoms with Gasteiger partial charge in [0.2, 0.25) is 0 Å². The summed E-state index contributed by atoms with van der Waals surface area (Å²) in [6, 6.07) is 7.55. The molecule has 1 aliphatic carbocycles. The Hall–Kier alpha value is -1.55. The molecule has 0 heterocycles. The summed E-state index contributed by atoms with van der Waals surface area (Å²) in [7, 11) is 1.62. The normalized spacial score (nSPS) is 17.8. The molecule has 0 spiro atoms. The molecule has 1 aromatic carbocycles. The van der Waals surface area contributed by atoms with E-state index in [9.17, 15) is 9.90 Å². The molecule has 19 heavy (non-hydrogen) atoms. The molecule has 0 amide bonds. The summed E-state index contributed by atoms with van der Waals surface area (Å²) in [4.78, 5) is 11.5. The van der Waals surface area contributed by atoms with E-state index >= 15 is 0 Å². The number of methoxy groups -OCH3 is 1. The van der Waals surface area contributed by atoms with Gasteiger partial charge in [0.15, 0.2) is 0 Å². The second kappa shape index (κ2) is 5.61. The van der Waals surface area contributed by atoms with E-state index in [1.165, 1.54) is 12.8 Å². The summed E-state index contributed by atoms with van der Waals surface area (Å²) in [5.41, 5.74) is 0.0889. The molecule has 2 N–H and O–H groups in total. The maximum Gasteiger partial charge on any atom is 0.323 e. The molecule has 1 aromatic rings. The molecule has 1 atom stereocenters. The Balaban J connectivity index is 2.02. The van der Waals surface area contributed by atoms with Crippen molar-refractivity contribution in [3.63, 3.8) is 0 Å². The van der Waals surface area contributed by atoms with Crippen molar-refractivity contribution in [3.8, 4) is 5.75 Å². The Labute approximate surface area is 113 Å². The van der Waals surface area contributed by atoms with Gasteiger partial charge >= 0.3 is 5.97 Å². The van der Waals surface area contributed by atoms with Crippen LogP contribution in [0.4, 0.5) is 0 Å². The van der Waals surface area contributed by atoms with Crippen molar-refractivity contribution in [3.05, 3.63) is 29.8 Å². The predicted molar refractivity (Wildman–Crippen MR) is 73.5 cm³/mol. The zero-order valence-electron chi connectivity index (χ0n) is 11.5. The van der Waals surface area contributed by atoms with Gasteiger partial charge in [0.25, 0.3) is 0 Å². The molecule has 0 aromatic heterocycles. The number of hydrogen-bond acceptors (Lipinski definition) is 3. The van der Waals surface area contributed by atoms with Crippen LogP contribution in [0.25, 0.3) is 0 Å². The number of hydrogen-bond donors (Lipinski definition) is 2. The molecule has 0 bridgehead atoms. The third-order valence-electron chi connectivity index (χ3n) is 3.67. The van der Waals surface area contributed by atoms with Crippen LogP contribution in [0.5, 0.6) is 5.75 Å². The van der Waals surface area contributed by atoms with Gasteiger partial charge in [-0.15, -0.1) is 0 Å². The Morgan fingerprint density at radius 1 is 1.42 bits per heavy atom. The minimum Gasteiger partial charge on any atom is -0.497 e. The van der Waals surface area contributed by atoms with E-state index in [1.807, 2.05) is 24.3 Å². The SMILES string of the molecule is COc1ccc(CC(C)(NCC2CC2)C(=O)O)cc1. The van der Waals surface area contributed by atoms with Crippen LogP contribution in [0.1, 0.15) is 25.3 Å². The lowest BCUT2D eigenvalue weighted by Gasteiger charge is -2.26. The van der Waals surface area contributed by atoms with Crippen molar-refractivity contribution < 1.29 is 14.6 Å². The highest BCUT2D eigenvalue weighted by molar-refractivity contribution is 5.78. The smallest absolute Gasteiger partial charge is 0.323 e. The van der Waals surface area contributed by atoms with Gasteiger partial charge in [-0.05, 0) is 49.9 Å². The average molecular weight is 263 g/mol. The van der Waals surface area contributed by atoms with Gasteiger partial charge in [-0.3, -0.25) is 4.79 Å². The van der Waals surface area contributed by atoms with E-state index < -0.39 is 11.5 Å². The molecule has 0 saturated heterocycles. The first-order valence-corrected chi connectivity index (χ1v) is 6.65. The Morgan fingerprint density at radius 2 is 2.05 bits per heavy atom. The summed E-state index contributed by atoms with van der Waals surface area (Å²) >= 11 is 0. The third-order valence-corrected chi connectivity index (χ3v) is 3.67. The summed E-state index contributed by atoms with van der Waals surface area (Å²) in [6.45, 7) is 2.54. The number of benzene rings is 1. The van der Waals surface area contributed by atoms with E-state index in [1.54, 1.807) is 14.0 Å². The first-order chi connectivity index (χ1) is 9.03. The lowest BCUT2D eigenvalue weighted by Crippen LogP contribution is -2.52. The predicted octanol–water partition coefficient (Wildman–Crippen LogP) is 2.08. The van der Waals surface area contributed by atoms with Crippen LogP contribution in [-0.4, -0.2) is 30.3 Å². The summed E-state index contributed by atoms with van der Waals surface area (Å²) in [5, 5.41) is 12.6. The summed E-state index contributed by atoms with van der Waals surface area (Å²) in [5.74, 6) is 0.644. The quantitative estimate of drug-likeness (QED) is 0.790. The van der Waals surface area contributed by atoms with Crippen LogP contribution in [-0.2, 0) is 11.2 Å². The van der Waals surface area contributed by atoms with E-state index in [0.29, 0.717) is 12.3 Å². The van der Waals surface area contributed by atoms with Crippen molar-refractivity contribution >= 4 is 5.97 Å². The highest BCUT2D eigenvalue weighted by Gasteiger charge is 2.35. The van der Waals surface area contributed by atoms with Gasteiger partial charge in [0, 0.05) is 6.42 Å². The fourth-order valence-electron chi connectivity index (χ4n) is 2.06. The molecule has 1 saturated carbocycles. The highest BCUT2D eigenvalue weighted by atomic mass is 16.5. The molecule has 4 nitrogen and oxygen atoms in total. The van der Waals surface area contributed by atoms with E-state index in [0.717, 1.165) is 17.9 Å². The second-order valence-electron chi connectivity index (χ2n) is 5.49. The minimum atomic E-state index is -0.906. The molecule has 4 heteroatoms. The number of aliphatic carboxylic acids is 1. The Bertz CT molecular complexity index is 439. The van der Waals surface area contributed by atoms with Gasteiger partial charge in [-0.1, -0.05) is 12.1 Å². The first kappa shape index (κ1) is 13.9. The molecule has 1 fully saturated rings. The van der Waals surface area contributed by atoms with Crippen molar-refractivity contribution in [2.45, 2.75) is 31.7 Å². The highest BCUT2D eigenvalue weighted by Crippen LogP contribution is 2.28. The molecule has 0 radical (unpaired) electrons. The number of ether oxygens (including phenoxy) is 1. The van der Waals surface area contributed by atoms with Crippen LogP contribution in [0, 0.1) is 5.92 Å². The van der Waals surface area contributed by atoms with Crippen LogP contribution < -0.4 is 10.1 Å². The van der Waals surface area contributed by atoms with E-state index in [4.69, 9.17) is 4.74 Å². The average Bonchev–Trinajstić information content (AvgIpc) is 3.21. The minimum absolute atomic E-state index is 0.471. The maximum atomic E-state index is 11.5. The molecular formula is C15H21NO3. The molecular weight excluding hydrogens is 242 g/mol. The number of rotatable bonds is 7. The van der Waals surface area contributed by atoms with Gasteiger partial charge in [0.05, 0.1) is 7.11 Å². The van der Waals surface area contributed by atoms with Crippen molar-refractivity contribution in [2.75, 3.05) is 13.7 Å². The largest absolute Gasteiger partial charge is 0.497 e. The summed E-state index contributed by atoms with van der Waals surface area (Å²) in [6.07, 6.45) is 2.90. The molecule has 2 rings (SSSR count). The van der Waals surface area contributed by atoms with Gasteiger partial charge in [-0.2, -0.15) is 0 Å². The van der Waals surface area contributed by atoms with Crippen molar-refractivity contribution in [1.82, 2.24) is 5.32 Å². The standard InChI is InChI=1S/C15H21NO3/c1-15(14(17)18,16-10-12-3-4-12)9-11-5-7-13(19-2)8-6-11/h5-8,12,16H,3-4,9-10H2,1-2H3,(H,17,18). The zero-order valence-corrected chi connectivity index (χ0v) is 11.5. The maximum absolute atomic E-state index is 11.5. The first-order valence-electron chi connectivity index (χ1n) is 6.65. The second-order valence-corrected chi connectivity index (χ2v) is 5.49. The van der Waals surface area contributed by atoms with Gasteiger partial charge < -0.3 is 15.2 Å². The van der Waals surface area contributed by atoms with Crippen LogP contribution in [0.2, 0.25) is 0 Å². The topological polar surface area (TPSA) is 58.6 Å². The lowest BCUT2D eigenvalue weighted by molar-refractivity contribution is -0.144. The van der Waals surface area contributed by atoms with Crippen LogP contribution in [0.3, 0.4) is 0 Å². The fourth-order valence-corrected chi connectivity index (χ4v) is 2.06. The number of nitrogens with one attached hydrogen (secondary N) is 1. The Morgan fingerprint density at radius 3 is 2.53 bits per heavy atom. The fraction of sp³-hybridized carbons (Fsp3) is 0.533. The molecule has 1 unspecified atom stereocenters. The molecule has 1 aliphatic rings. The Kier molecular flexibility index (Phi) is 4.10. The number of carboxylic acids is 1. The van der Waals surface area contributed by atoms with Crippen molar-refractivity contribution in [1.29, 1.82) is 0 Å². The van der Waals surface area contributed by atoms with Crippen LogP contribution in [0.15, 0.2) is 24.3 Å². The van der Waals surface area contributed by atoms with E-state index in [2.05, 4.69) is 5.32 Å². The lowest BCUT2D eigenvalue weighted by atomic mass is 9.92. The van der Waals surface area contributed by atoms with Crippen molar-refractivity contribution in [2.24, 2.45) is 5.92 Å². The monoisotopic (exact) mass is 263 g/mol. The number of carboxylic acid groups (broad SMARTS) is 1. The van der Waals surface area contributed by atoms with E-state index in [-0.39, 0.29) is 0 Å². The van der Waals surface area contributed by atoms with Gasteiger partial charge in [0.1, 0.15) is 11.3 Å². The van der Waals surface area contributed by atoms with Gasteiger partial charge in [-0.25, -0.2) is 0 Å².